The van der Waals surface area contributed by atoms with Gasteiger partial charge in [-0.1, -0.05) is 24.3 Å². The summed E-state index contributed by atoms with van der Waals surface area (Å²) >= 11 is 0. The fourth-order valence-corrected chi connectivity index (χ4v) is 5.53. The fourth-order valence-electron chi connectivity index (χ4n) is 5.53. The first-order valence-corrected chi connectivity index (χ1v) is 11.4. The van der Waals surface area contributed by atoms with Crippen molar-refractivity contribution in [2.45, 2.75) is 25.4 Å². The van der Waals surface area contributed by atoms with Gasteiger partial charge in [-0.15, -0.1) is 0 Å². The molecule has 3 aromatic rings. The molecular weight excluding hydrogens is 435 g/mol. The number of rotatable bonds is 3. The van der Waals surface area contributed by atoms with E-state index >= 15 is 0 Å². The van der Waals surface area contributed by atoms with E-state index in [4.69, 9.17) is 4.74 Å². The molecule has 0 radical (unpaired) electrons. The van der Waals surface area contributed by atoms with Crippen LogP contribution < -0.4 is 10.3 Å². The summed E-state index contributed by atoms with van der Waals surface area (Å²) in [6.07, 6.45) is 2.43. The number of benzene rings is 2. The summed E-state index contributed by atoms with van der Waals surface area (Å²) in [6, 6.07) is 14.7. The lowest BCUT2D eigenvalue weighted by Gasteiger charge is -2.42. The molecule has 0 aliphatic carbocycles. The summed E-state index contributed by atoms with van der Waals surface area (Å²) in [6.45, 7) is 2.63. The lowest BCUT2D eigenvalue weighted by atomic mass is 9.83. The third-order valence-corrected chi connectivity index (χ3v) is 7.05. The average molecular weight is 458 g/mol. The number of phenolic OH excluding ortho intramolecular Hbond substituents is 1. The van der Waals surface area contributed by atoms with Crippen molar-refractivity contribution in [1.82, 2.24) is 9.47 Å². The normalized spacial score (nSPS) is 22.4. The number of ketones is 1. The van der Waals surface area contributed by atoms with Crippen LogP contribution in [0.2, 0.25) is 0 Å². The second-order valence-corrected chi connectivity index (χ2v) is 9.29. The molecule has 2 aromatic carbocycles. The Morgan fingerprint density at radius 2 is 1.88 bits per heavy atom. The van der Waals surface area contributed by atoms with Crippen molar-refractivity contribution in [2.75, 3.05) is 13.1 Å². The number of likely N-dealkylation sites (tertiary alicyclic amines) is 1. The summed E-state index contributed by atoms with van der Waals surface area (Å²) < 4.78 is 21.9. The van der Waals surface area contributed by atoms with Crippen LogP contribution in [0.25, 0.3) is 6.08 Å². The van der Waals surface area contributed by atoms with Crippen molar-refractivity contribution < 1.29 is 19.0 Å². The number of pyridine rings is 1. The van der Waals surface area contributed by atoms with Gasteiger partial charge in [0.2, 0.25) is 5.78 Å². The number of carbonyl (C=O) groups is 1. The Morgan fingerprint density at radius 1 is 1.03 bits per heavy atom. The van der Waals surface area contributed by atoms with Gasteiger partial charge in [0.1, 0.15) is 17.3 Å². The van der Waals surface area contributed by atoms with Gasteiger partial charge in [-0.05, 0) is 42.7 Å². The highest BCUT2D eigenvalue weighted by Crippen LogP contribution is 2.42. The Balaban J connectivity index is 1.29. The number of aromatic nitrogens is 1. The summed E-state index contributed by atoms with van der Waals surface area (Å²) in [5.74, 6) is 0.235. The van der Waals surface area contributed by atoms with Crippen molar-refractivity contribution in [3.63, 3.8) is 0 Å². The molecule has 7 heteroatoms. The van der Waals surface area contributed by atoms with Crippen LogP contribution in [0.1, 0.15) is 39.5 Å². The van der Waals surface area contributed by atoms with Crippen LogP contribution in [0.15, 0.2) is 65.2 Å². The Bertz CT molecular complexity index is 1410. The van der Waals surface area contributed by atoms with E-state index in [0.717, 1.165) is 25.2 Å². The highest BCUT2D eigenvalue weighted by molar-refractivity contribution is 6.15. The topological polar surface area (TPSA) is 71.8 Å². The van der Waals surface area contributed by atoms with Gasteiger partial charge in [0, 0.05) is 49.4 Å². The quantitative estimate of drug-likeness (QED) is 0.603. The van der Waals surface area contributed by atoms with E-state index in [-0.39, 0.29) is 34.3 Å². The maximum atomic E-state index is 14.1. The number of fused-ring (bicyclic) bond motifs is 5. The molecule has 2 atom stereocenters. The molecule has 172 valence electrons. The number of halogens is 1. The number of phenols is 1. The van der Waals surface area contributed by atoms with Gasteiger partial charge in [0.25, 0.3) is 5.56 Å². The molecule has 0 saturated carbocycles. The fraction of sp³-hybridized carbons (Fsp3) is 0.259. The summed E-state index contributed by atoms with van der Waals surface area (Å²) in [7, 11) is 0. The first-order chi connectivity index (χ1) is 16.5. The molecule has 0 amide bonds. The largest absolute Gasteiger partial charge is 0.507 e. The van der Waals surface area contributed by atoms with Crippen molar-refractivity contribution in [3.05, 3.63) is 98.9 Å². The Kier molecular flexibility index (Phi) is 4.88. The number of ether oxygens (including phenoxy) is 1. The van der Waals surface area contributed by atoms with Crippen LogP contribution in [0.4, 0.5) is 4.39 Å². The Morgan fingerprint density at radius 3 is 2.74 bits per heavy atom. The van der Waals surface area contributed by atoms with E-state index in [1.54, 1.807) is 30.3 Å². The van der Waals surface area contributed by atoms with E-state index in [1.165, 1.54) is 18.2 Å². The van der Waals surface area contributed by atoms with Crippen LogP contribution in [0.3, 0.4) is 0 Å². The SMILES string of the molecule is O=C1/C(=C/c2ccccc2F)Oc2c1ccc(O)c2CN1C[C@@H]2C[C@H](C1)c1cccc(=O)n1C2. The molecule has 3 aliphatic rings. The maximum Gasteiger partial charge on any atom is 0.250 e. The minimum absolute atomic E-state index is 0.0377. The van der Waals surface area contributed by atoms with Crippen molar-refractivity contribution in [2.24, 2.45) is 5.92 Å². The highest BCUT2D eigenvalue weighted by Gasteiger charge is 2.36. The van der Waals surface area contributed by atoms with Crippen LogP contribution in [0.5, 0.6) is 11.5 Å². The van der Waals surface area contributed by atoms with Crippen LogP contribution in [-0.2, 0) is 13.1 Å². The molecule has 2 bridgehead atoms. The van der Waals surface area contributed by atoms with Crippen molar-refractivity contribution in [3.8, 4) is 11.5 Å². The van der Waals surface area contributed by atoms with E-state index < -0.39 is 5.82 Å². The molecule has 6 nitrogen and oxygen atoms in total. The Labute approximate surface area is 195 Å². The molecule has 0 unspecified atom stereocenters. The second kappa shape index (κ2) is 7.95. The molecule has 0 spiro atoms. The number of piperidine rings is 1. The smallest absolute Gasteiger partial charge is 0.250 e. The van der Waals surface area contributed by atoms with Gasteiger partial charge in [-0.2, -0.15) is 0 Å². The molecule has 1 N–H and O–H groups in total. The molecule has 6 rings (SSSR count). The second-order valence-electron chi connectivity index (χ2n) is 9.29. The van der Waals surface area contributed by atoms with Gasteiger partial charge >= 0.3 is 0 Å². The first kappa shape index (κ1) is 20.9. The number of nitrogens with zero attached hydrogens (tertiary/aromatic N) is 2. The number of Topliss-reactive ketones (excluding diaryl/α,β-unsaturated/α-hetero) is 1. The van der Waals surface area contributed by atoms with E-state index in [2.05, 4.69) is 4.90 Å². The molecule has 1 fully saturated rings. The van der Waals surface area contributed by atoms with Crippen LogP contribution >= 0.6 is 0 Å². The summed E-state index contributed by atoms with van der Waals surface area (Å²) in [4.78, 5) is 27.5. The third-order valence-electron chi connectivity index (χ3n) is 7.05. The zero-order chi connectivity index (χ0) is 23.4. The standard InChI is InChI=1S/C27H23FN2O4/c28-21-5-2-1-4-17(21)11-24-26(33)19-8-9-23(31)20(27(19)34-24)15-29-12-16-10-18(14-29)22-6-3-7-25(32)30(22)13-16/h1-9,11,16,18,31H,10,12-15H2/b24-11-/t16-,18+/m0/s1. The van der Waals surface area contributed by atoms with Crippen molar-refractivity contribution >= 4 is 11.9 Å². The molecule has 1 saturated heterocycles. The number of allylic oxidation sites excluding steroid dienone is 1. The maximum absolute atomic E-state index is 14.1. The van der Waals surface area contributed by atoms with Gasteiger partial charge < -0.3 is 14.4 Å². The first-order valence-electron chi connectivity index (χ1n) is 11.4. The predicted molar refractivity (Wildman–Crippen MR) is 124 cm³/mol. The average Bonchev–Trinajstić information content (AvgIpc) is 3.13. The number of hydrogen-bond donors (Lipinski definition) is 1. The molecular formula is C27H23FN2O4. The zero-order valence-corrected chi connectivity index (χ0v) is 18.4. The summed E-state index contributed by atoms with van der Waals surface area (Å²) in [5, 5.41) is 10.7. The minimum Gasteiger partial charge on any atom is -0.507 e. The van der Waals surface area contributed by atoms with Crippen LogP contribution in [-0.4, -0.2) is 33.4 Å². The lowest BCUT2D eigenvalue weighted by Crippen LogP contribution is -2.46. The number of carbonyl (C=O) groups excluding carboxylic acids is 1. The van der Waals surface area contributed by atoms with Gasteiger partial charge in [-0.25, -0.2) is 4.39 Å². The van der Waals surface area contributed by atoms with Crippen LogP contribution in [0, 0.1) is 11.7 Å². The molecule has 4 heterocycles. The summed E-state index contributed by atoms with van der Waals surface area (Å²) in [5.41, 5.74) is 2.28. The van der Waals surface area contributed by atoms with E-state index in [0.29, 0.717) is 35.9 Å². The lowest BCUT2D eigenvalue weighted by molar-refractivity contribution is 0.101. The van der Waals surface area contributed by atoms with Gasteiger partial charge in [-0.3, -0.25) is 14.5 Å². The molecule has 3 aliphatic heterocycles. The number of aromatic hydroxyl groups is 1. The van der Waals surface area contributed by atoms with Gasteiger partial charge in [0.05, 0.1) is 11.1 Å². The van der Waals surface area contributed by atoms with E-state index in [9.17, 15) is 19.1 Å². The van der Waals surface area contributed by atoms with Gasteiger partial charge in [0.15, 0.2) is 5.76 Å². The highest BCUT2D eigenvalue weighted by atomic mass is 19.1. The predicted octanol–water partition coefficient (Wildman–Crippen LogP) is 3.93. The third kappa shape index (κ3) is 3.44. The van der Waals surface area contributed by atoms with Crippen molar-refractivity contribution in [1.29, 1.82) is 0 Å². The molecule has 1 aromatic heterocycles. The Hall–Kier alpha value is -3.71. The minimum atomic E-state index is -0.440. The van der Waals surface area contributed by atoms with E-state index in [1.807, 2.05) is 16.7 Å². The number of hydrogen-bond acceptors (Lipinski definition) is 5. The molecule has 34 heavy (non-hydrogen) atoms. The zero-order valence-electron chi connectivity index (χ0n) is 18.4. The monoisotopic (exact) mass is 458 g/mol.